The predicted molar refractivity (Wildman–Crippen MR) is 72.9 cm³/mol. The molecule has 0 radical (unpaired) electrons. The van der Waals surface area contributed by atoms with Gasteiger partial charge in [0.05, 0.1) is 4.92 Å². The van der Waals surface area contributed by atoms with E-state index in [4.69, 9.17) is 6.42 Å². The highest BCUT2D eigenvalue weighted by Crippen LogP contribution is 2.19. The first-order valence-corrected chi connectivity index (χ1v) is 6.03. The second-order valence-electron chi connectivity index (χ2n) is 4.19. The molecule has 0 atom stereocenters. The Labute approximate surface area is 112 Å². The minimum absolute atomic E-state index is 0.0990. The molecule has 0 fully saturated rings. The second-order valence-corrected chi connectivity index (χ2v) is 4.19. The highest BCUT2D eigenvalue weighted by molar-refractivity contribution is 5.98. The summed E-state index contributed by atoms with van der Waals surface area (Å²) in [6.45, 7) is 2.25. The van der Waals surface area contributed by atoms with Gasteiger partial charge in [0.1, 0.15) is 5.56 Å². The summed E-state index contributed by atoms with van der Waals surface area (Å²) in [5.41, 5.74) is 0.733. The molecule has 0 spiro atoms. The van der Waals surface area contributed by atoms with Crippen LogP contribution in [-0.2, 0) is 0 Å². The Morgan fingerprint density at radius 3 is 2.84 bits per heavy atom. The van der Waals surface area contributed by atoms with Crippen LogP contribution in [0.15, 0.2) is 18.2 Å². The first kappa shape index (κ1) is 14.7. The van der Waals surface area contributed by atoms with E-state index in [9.17, 15) is 14.9 Å². The van der Waals surface area contributed by atoms with Crippen LogP contribution in [0.4, 0.5) is 5.69 Å². The molecule has 0 aliphatic heterocycles. The molecule has 1 N–H and O–H groups in total. The molecule has 1 amide bonds. The number of benzene rings is 1. The Balaban J connectivity index is 2.68. The zero-order chi connectivity index (χ0) is 14.3. The SMILES string of the molecule is C#CCCCCNC(=O)c1cc(C)ccc1[N+](=O)[O-]. The van der Waals surface area contributed by atoms with Gasteiger partial charge in [-0.25, -0.2) is 0 Å². The van der Waals surface area contributed by atoms with Crippen LogP contribution < -0.4 is 5.32 Å². The van der Waals surface area contributed by atoms with Gasteiger partial charge in [0.2, 0.25) is 0 Å². The van der Waals surface area contributed by atoms with Crippen LogP contribution in [0, 0.1) is 29.4 Å². The molecule has 19 heavy (non-hydrogen) atoms. The Kier molecular flexibility index (Phi) is 5.55. The molecule has 0 unspecified atom stereocenters. The molecular weight excluding hydrogens is 244 g/mol. The number of unbranched alkanes of at least 4 members (excludes halogenated alkanes) is 2. The van der Waals surface area contributed by atoms with Crippen molar-refractivity contribution in [3.63, 3.8) is 0 Å². The van der Waals surface area contributed by atoms with Crippen LogP contribution in [-0.4, -0.2) is 17.4 Å². The topological polar surface area (TPSA) is 72.2 Å². The molecule has 5 heteroatoms. The number of rotatable bonds is 6. The summed E-state index contributed by atoms with van der Waals surface area (Å²) in [6, 6.07) is 4.49. The van der Waals surface area contributed by atoms with Gasteiger partial charge in [-0.15, -0.1) is 12.3 Å². The van der Waals surface area contributed by atoms with E-state index in [1.54, 1.807) is 13.0 Å². The number of amides is 1. The molecule has 0 bridgehead atoms. The van der Waals surface area contributed by atoms with Gasteiger partial charge in [0.25, 0.3) is 11.6 Å². The lowest BCUT2D eigenvalue weighted by Gasteiger charge is -2.06. The summed E-state index contributed by atoms with van der Waals surface area (Å²) in [4.78, 5) is 22.2. The average molecular weight is 260 g/mol. The highest BCUT2D eigenvalue weighted by Gasteiger charge is 2.19. The van der Waals surface area contributed by atoms with Crippen molar-refractivity contribution >= 4 is 11.6 Å². The molecule has 0 heterocycles. The maximum absolute atomic E-state index is 11.9. The molecule has 1 aromatic carbocycles. The second kappa shape index (κ2) is 7.17. The molecule has 0 saturated heterocycles. The van der Waals surface area contributed by atoms with Crippen LogP contribution in [0.2, 0.25) is 0 Å². The number of aryl methyl sites for hydroxylation is 1. The van der Waals surface area contributed by atoms with Crippen molar-refractivity contribution < 1.29 is 9.72 Å². The molecule has 0 aliphatic carbocycles. The first-order chi connectivity index (χ1) is 9.06. The van der Waals surface area contributed by atoms with E-state index in [0.29, 0.717) is 13.0 Å². The van der Waals surface area contributed by atoms with Gasteiger partial charge in [-0.1, -0.05) is 6.07 Å². The fourth-order valence-electron chi connectivity index (χ4n) is 1.64. The number of nitrogens with zero attached hydrogens (tertiary/aromatic N) is 1. The van der Waals surface area contributed by atoms with E-state index in [1.807, 2.05) is 0 Å². The largest absolute Gasteiger partial charge is 0.352 e. The molecule has 0 aliphatic rings. The number of nitro groups is 1. The third-order valence-electron chi connectivity index (χ3n) is 2.63. The number of terminal acetylenes is 1. The lowest BCUT2D eigenvalue weighted by Crippen LogP contribution is -2.25. The van der Waals surface area contributed by atoms with Crippen molar-refractivity contribution in [2.75, 3.05) is 6.54 Å². The summed E-state index contributed by atoms with van der Waals surface area (Å²) < 4.78 is 0. The molecular formula is C14H16N2O3. The maximum Gasteiger partial charge on any atom is 0.282 e. The molecule has 0 saturated carbocycles. The monoisotopic (exact) mass is 260 g/mol. The van der Waals surface area contributed by atoms with Gasteiger partial charge in [0.15, 0.2) is 0 Å². The zero-order valence-corrected chi connectivity index (χ0v) is 10.8. The van der Waals surface area contributed by atoms with E-state index in [-0.39, 0.29) is 11.3 Å². The lowest BCUT2D eigenvalue weighted by atomic mass is 10.1. The summed E-state index contributed by atoms with van der Waals surface area (Å²) >= 11 is 0. The van der Waals surface area contributed by atoms with Crippen molar-refractivity contribution in [3.05, 3.63) is 39.4 Å². The number of nitrogens with one attached hydrogen (secondary N) is 1. The molecule has 100 valence electrons. The van der Waals surface area contributed by atoms with Gasteiger partial charge < -0.3 is 5.32 Å². The lowest BCUT2D eigenvalue weighted by molar-refractivity contribution is -0.385. The van der Waals surface area contributed by atoms with E-state index >= 15 is 0 Å². The highest BCUT2D eigenvalue weighted by atomic mass is 16.6. The van der Waals surface area contributed by atoms with Gasteiger partial charge in [-0.3, -0.25) is 14.9 Å². The maximum atomic E-state index is 11.9. The smallest absolute Gasteiger partial charge is 0.282 e. The predicted octanol–water partition coefficient (Wildman–Crippen LogP) is 2.44. The average Bonchev–Trinajstić information content (AvgIpc) is 2.37. The van der Waals surface area contributed by atoms with Gasteiger partial charge in [0, 0.05) is 19.0 Å². The number of nitro benzene ring substituents is 1. The first-order valence-electron chi connectivity index (χ1n) is 6.03. The summed E-state index contributed by atoms with van der Waals surface area (Å²) in [7, 11) is 0. The third-order valence-corrected chi connectivity index (χ3v) is 2.63. The Morgan fingerprint density at radius 1 is 1.47 bits per heavy atom. The van der Waals surface area contributed by atoms with Crippen molar-refractivity contribution in [2.24, 2.45) is 0 Å². The summed E-state index contributed by atoms with van der Waals surface area (Å²) in [5.74, 6) is 2.10. The van der Waals surface area contributed by atoms with Crippen LogP contribution in [0.3, 0.4) is 0 Å². The van der Waals surface area contributed by atoms with Gasteiger partial charge >= 0.3 is 0 Å². The number of carbonyl (C=O) groups excluding carboxylic acids is 1. The standard InChI is InChI=1S/C14H16N2O3/c1-3-4-5-6-9-15-14(17)12-10-11(2)7-8-13(12)16(18)19/h1,7-8,10H,4-6,9H2,2H3,(H,15,17). The van der Waals surface area contributed by atoms with Crippen LogP contribution in [0.1, 0.15) is 35.2 Å². The number of hydrogen-bond acceptors (Lipinski definition) is 3. The summed E-state index contributed by atoms with van der Waals surface area (Å²) in [6.07, 6.45) is 7.37. The molecule has 5 nitrogen and oxygen atoms in total. The Morgan fingerprint density at radius 2 is 2.21 bits per heavy atom. The van der Waals surface area contributed by atoms with Crippen LogP contribution in [0.25, 0.3) is 0 Å². The molecule has 1 rings (SSSR count). The van der Waals surface area contributed by atoms with E-state index in [2.05, 4.69) is 11.2 Å². The van der Waals surface area contributed by atoms with Gasteiger partial charge in [-0.2, -0.15) is 0 Å². The quantitative estimate of drug-likeness (QED) is 0.369. The molecule has 0 aromatic heterocycles. The summed E-state index contributed by atoms with van der Waals surface area (Å²) in [5, 5.41) is 13.5. The van der Waals surface area contributed by atoms with Crippen LogP contribution >= 0.6 is 0 Å². The number of carbonyl (C=O) groups is 1. The van der Waals surface area contributed by atoms with E-state index in [0.717, 1.165) is 18.4 Å². The molecule has 1 aromatic rings. The van der Waals surface area contributed by atoms with Crippen molar-refractivity contribution in [1.29, 1.82) is 0 Å². The Hall–Kier alpha value is -2.35. The minimum Gasteiger partial charge on any atom is -0.352 e. The van der Waals surface area contributed by atoms with Gasteiger partial charge in [-0.05, 0) is 31.4 Å². The fraction of sp³-hybridized carbons (Fsp3) is 0.357. The normalized spacial score (nSPS) is 9.68. The fourth-order valence-corrected chi connectivity index (χ4v) is 1.64. The van der Waals surface area contributed by atoms with E-state index < -0.39 is 10.8 Å². The van der Waals surface area contributed by atoms with Crippen LogP contribution in [0.5, 0.6) is 0 Å². The zero-order valence-electron chi connectivity index (χ0n) is 10.8. The van der Waals surface area contributed by atoms with Crippen molar-refractivity contribution in [3.8, 4) is 12.3 Å². The minimum atomic E-state index is -0.549. The van der Waals surface area contributed by atoms with E-state index in [1.165, 1.54) is 12.1 Å². The van der Waals surface area contributed by atoms with Crippen molar-refractivity contribution in [1.82, 2.24) is 5.32 Å². The number of hydrogen-bond donors (Lipinski definition) is 1. The third kappa shape index (κ3) is 4.43. The Bertz CT molecular complexity index is 518. The van der Waals surface area contributed by atoms with Crippen molar-refractivity contribution in [2.45, 2.75) is 26.2 Å².